The lowest BCUT2D eigenvalue weighted by molar-refractivity contribution is 0.323. The Labute approximate surface area is 143 Å². The van der Waals surface area contributed by atoms with Gasteiger partial charge in [-0.05, 0) is 41.8 Å². The van der Waals surface area contributed by atoms with Gasteiger partial charge in [-0.1, -0.05) is 12.1 Å². The molecule has 0 radical (unpaired) electrons. The van der Waals surface area contributed by atoms with Crippen LogP contribution >= 0.6 is 0 Å². The number of ether oxygens (including phenoxy) is 4. The van der Waals surface area contributed by atoms with Crippen molar-refractivity contribution in [1.82, 2.24) is 5.32 Å². The maximum atomic E-state index is 5.38. The first-order valence-corrected chi connectivity index (χ1v) is 7.76. The minimum Gasteiger partial charge on any atom is -0.496 e. The van der Waals surface area contributed by atoms with Crippen molar-refractivity contribution in [3.05, 3.63) is 47.0 Å². The van der Waals surface area contributed by atoms with E-state index in [1.54, 1.807) is 28.4 Å². The summed E-state index contributed by atoms with van der Waals surface area (Å²) in [6, 6.07) is 10.1. The lowest BCUT2D eigenvalue weighted by Gasteiger charge is -2.14. The van der Waals surface area contributed by atoms with Gasteiger partial charge in [-0.3, -0.25) is 0 Å². The standard InChI is InChI=1S/C19H25NO4/c1-13-8-14(6-7-16(13)21-2)11-20-12-15-9-17(22-3)19(24-5)18(10-15)23-4/h6-10,20H,11-12H2,1-5H3. The molecule has 0 atom stereocenters. The summed E-state index contributed by atoms with van der Waals surface area (Å²) in [6.07, 6.45) is 0. The van der Waals surface area contributed by atoms with Gasteiger partial charge in [0.25, 0.3) is 0 Å². The fourth-order valence-electron chi connectivity index (χ4n) is 2.64. The van der Waals surface area contributed by atoms with E-state index in [-0.39, 0.29) is 0 Å². The highest BCUT2D eigenvalue weighted by molar-refractivity contribution is 5.53. The summed E-state index contributed by atoms with van der Waals surface area (Å²) in [5, 5.41) is 3.43. The Morgan fingerprint density at radius 3 is 1.79 bits per heavy atom. The van der Waals surface area contributed by atoms with Crippen LogP contribution in [0.25, 0.3) is 0 Å². The molecule has 2 aromatic rings. The molecular weight excluding hydrogens is 306 g/mol. The highest BCUT2D eigenvalue weighted by atomic mass is 16.5. The predicted octanol–water partition coefficient (Wildman–Crippen LogP) is 3.32. The van der Waals surface area contributed by atoms with Crippen molar-refractivity contribution in [3.8, 4) is 23.0 Å². The van der Waals surface area contributed by atoms with Crippen molar-refractivity contribution in [2.24, 2.45) is 0 Å². The van der Waals surface area contributed by atoms with Gasteiger partial charge in [0.05, 0.1) is 28.4 Å². The summed E-state index contributed by atoms with van der Waals surface area (Å²) in [5.74, 6) is 2.83. The predicted molar refractivity (Wildman–Crippen MR) is 94.4 cm³/mol. The lowest BCUT2D eigenvalue weighted by Crippen LogP contribution is -2.13. The highest BCUT2D eigenvalue weighted by Crippen LogP contribution is 2.38. The smallest absolute Gasteiger partial charge is 0.203 e. The van der Waals surface area contributed by atoms with Crippen LogP contribution in [0.4, 0.5) is 0 Å². The SMILES string of the molecule is COc1ccc(CNCc2cc(OC)c(OC)c(OC)c2)cc1C. The fourth-order valence-corrected chi connectivity index (χ4v) is 2.64. The largest absolute Gasteiger partial charge is 0.496 e. The van der Waals surface area contributed by atoms with E-state index in [0.29, 0.717) is 23.8 Å². The van der Waals surface area contributed by atoms with Crippen molar-refractivity contribution in [2.75, 3.05) is 28.4 Å². The highest BCUT2D eigenvalue weighted by Gasteiger charge is 2.12. The summed E-state index contributed by atoms with van der Waals surface area (Å²) in [4.78, 5) is 0. The quantitative estimate of drug-likeness (QED) is 0.804. The third kappa shape index (κ3) is 4.11. The zero-order chi connectivity index (χ0) is 17.5. The average molecular weight is 331 g/mol. The van der Waals surface area contributed by atoms with Crippen LogP contribution in [0.15, 0.2) is 30.3 Å². The van der Waals surface area contributed by atoms with Gasteiger partial charge in [0.1, 0.15) is 5.75 Å². The molecule has 1 N–H and O–H groups in total. The Morgan fingerprint density at radius 2 is 1.29 bits per heavy atom. The molecule has 0 heterocycles. The summed E-state index contributed by atoms with van der Waals surface area (Å²) < 4.78 is 21.4. The molecular formula is C19H25NO4. The third-order valence-electron chi connectivity index (χ3n) is 3.84. The van der Waals surface area contributed by atoms with Gasteiger partial charge in [0.2, 0.25) is 5.75 Å². The Morgan fingerprint density at radius 1 is 0.708 bits per heavy atom. The summed E-state index contributed by atoms with van der Waals surface area (Å²) in [5.41, 5.74) is 3.40. The van der Waals surface area contributed by atoms with E-state index >= 15 is 0 Å². The van der Waals surface area contributed by atoms with E-state index in [0.717, 1.165) is 23.4 Å². The molecule has 0 spiro atoms. The van der Waals surface area contributed by atoms with E-state index < -0.39 is 0 Å². The zero-order valence-corrected chi connectivity index (χ0v) is 14.9. The van der Waals surface area contributed by atoms with Gasteiger partial charge >= 0.3 is 0 Å². The number of hydrogen-bond acceptors (Lipinski definition) is 5. The Balaban J connectivity index is 2.05. The molecule has 0 bridgehead atoms. The average Bonchev–Trinajstić information content (AvgIpc) is 2.60. The first kappa shape index (κ1) is 17.9. The molecule has 130 valence electrons. The van der Waals surface area contributed by atoms with E-state index in [1.807, 2.05) is 25.1 Å². The number of aryl methyl sites for hydroxylation is 1. The summed E-state index contributed by atoms with van der Waals surface area (Å²) >= 11 is 0. The molecule has 0 aliphatic heterocycles. The second kappa shape index (κ2) is 8.45. The second-order valence-electron chi connectivity index (χ2n) is 5.44. The van der Waals surface area contributed by atoms with E-state index in [4.69, 9.17) is 18.9 Å². The molecule has 0 saturated carbocycles. The molecule has 0 aromatic heterocycles. The van der Waals surface area contributed by atoms with Crippen LogP contribution in [0, 0.1) is 6.92 Å². The molecule has 0 unspecified atom stereocenters. The number of rotatable bonds is 8. The van der Waals surface area contributed by atoms with Gasteiger partial charge in [-0.2, -0.15) is 0 Å². The van der Waals surface area contributed by atoms with Crippen LogP contribution in [0.3, 0.4) is 0 Å². The maximum Gasteiger partial charge on any atom is 0.203 e. The van der Waals surface area contributed by atoms with Crippen LogP contribution in [0.2, 0.25) is 0 Å². The normalized spacial score (nSPS) is 10.4. The maximum absolute atomic E-state index is 5.38. The molecule has 2 rings (SSSR count). The number of nitrogens with one attached hydrogen (secondary N) is 1. The summed E-state index contributed by atoms with van der Waals surface area (Å²) in [7, 11) is 6.53. The lowest BCUT2D eigenvalue weighted by atomic mass is 10.1. The first-order valence-electron chi connectivity index (χ1n) is 7.76. The molecule has 2 aromatic carbocycles. The number of methoxy groups -OCH3 is 4. The van der Waals surface area contributed by atoms with Crippen LogP contribution in [0.5, 0.6) is 23.0 Å². The Bertz CT molecular complexity index is 660. The molecule has 24 heavy (non-hydrogen) atoms. The molecule has 0 saturated heterocycles. The monoisotopic (exact) mass is 331 g/mol. The molecule has 0 amide bonds. The Kier molecular flexibility index (Phi) is 6.32. The number of hydrogen-bond donors (Lipinski definition) is 1. The molecule has 0 aliphatic carbocycles. The van der Waals surface area contributed by atoms with E-state index in [2.05, 4.69) is 17.4 Å². The van der Waals surface area contributed by atoms with Gasteiger partial charge in [0, 0.05) is 13.1 Å². The zero-order valence-electron chi connectivity index (χ0n) is 14.9. The second-order valence-corrected chi connectivity index (χ2v) is 5.44. The van der Waals surface area contributed by atoms with Crippen molar-refractivity contribution in [1.29, 1.82) is 0 Å². The minimum absolute atomic E-state index is 0.606. The van der Waals surface area contributed by atoms with Gasteiger partial charge in [-0.15, -0.1) is 0 Å². The first-order chi connectivity index (χ1) is 11.6. The van der Waals surface area contributed by atoms with Gasteiger partial charge < -0.3 is 24.3 Å². The molecule has 5 nitrogen and oxygen atoms in total. The van der Waals surface area contributed by atoms with Crippen LogP contribution in [-0.2, 0) is 13.1 Å². The van der Waals surface area contributed by atoms with Crippen molar-refractivity contribution >= 4 is 0 Å². The molecule has 5 heteroatoms. The topological polar surface area (TPSA) is 49.0 Å². The Hall–Kier alpha value is -2.40. The summed E-state index contributed by atoms with van der Waals surface area (Å²) in [6.45, 7) is 3.50. The van der Waals surface area contributed by atoms with Gasteiger partial charge in [0.15, 0.2) is 11.5 Å². The third-order valence-corrected chi connectivity index (χ3v) is 3.84. The van der Waals surface area contributed by atoms with E-state index in [1.165, 1.54) is 5.56 Å². The molecule has 0 aliphatic rings. The van der Waals surface area contributed by atoms with Crippen molar-refractivity contribution in [2.45, 2.75) is 20.0 Å². The van der Waals surface area contributed by atoms with Crippen LogP contribution in [0.1, 0.15) is 16.7 Å². The fraction of sp³-hybridized carbons (Fsp3) is 0.368. The van der Waals surface area contributed by atoms with Crippen LogP contribution in [-0.4, -0.2) is 28.4 Å². The minimum atomic E-state index is 0.606. The van der Waals surface area contributed by atoms with Gasteiger partial charge in [-0.25, -0.2) is 0 Å². The number of benzene rings is 2. The van der Waals surface area contributed by atoms with Crippen molar-refractivity contribution < 1.29 is 18.9 Å². The van der Waals surface area contributed by atoms with Crippen molar-refractivity contribution in [3.63, 3.8) is 0 Å². The van der Waals surface area contributed by atoms with E-state index in [9.17, 15) is 0 Å². The molecule has 0 fully saturated rings. The van der Waals surface area contributed by atoms with Crippen LogP contribution < -0.4 is 24.3 Å².